The number of aryl methyl sites for hydroxylation is 2. The minimum absolute atomic E-state index is 0.0386. The molecule has 0 aromatic heterocycles. The molecule has 110 valence electrons. The first kappa shape index (κ1) is 14.4. The number of nitrogens with two attached hydrogens (primary N) is 1. The van der Waals surface area contributed by atoms with Crippen LogP contribution in [-0.2, 0) is 19.3 Å². The van der Waals surface area contributed by atoms with Gasteiger partial charge >= 0.3 is 0 Å². The van der Waals surface area contributed by atoms with E-state index in [1.165, 1.54) is 36.0 Å². The second-order valence-corrected chi connectivity index (χ2v) is 6.08. The van der Waals surface area contributed by atoms with Gasteiger partial charge in [0.15, 0.2) is 0 Å². The lowest BCUT2D eigenvalue weighted by Gasteiger charge is -2.16. The highest BCUT2D eigenvalue weighted by molar-refractivity contribution is 6.30. The zero-order valence-corrected chi connectivity index (χ0v) is 13.0. The van der Waals surface area contributed by atoms with Crippen molar-refractivity contribution in [1.82, 2.24) is 0 Å². The van der Waals surface area contributed by atoms with E-state index >= 15 is 0 Å². The van der Waals surface area contributed by atoms with Gasteiger partial charge in [-0.25, -0.2) is 0 Å². The fourth-order valence-electron chi connectivity index (χ4n) is 3.08. The van der Waals surface area contributed by atoms with Crippen molar-refractivity contribution in [3.63, 3.8) is 0 Å². The maximum atomic E-state index is 6.40. The van der Waals surface area contributed by atoms with E-state index in [0.29, 0.717) is 5.02 Å². The van der Waals surface area contributed by atoms with Crippen molar-refractivity contribution in [2.75, 3.05) is 7.11 Å². The number of ether oxygens (including phenoxy) is 1. The van der Waals surface area contributed by atoms with E-state index in [2.05, 4.69) is 18.2 Å². The molecular weight excluding hydrogens is 282 g/mol. The number of hydrogen-bond donors (Lipinski definition) is 1. The molecule has 0 saturated carbocycles. The molecule has 0 aliphatic heterocycles. The Bertz CT molecular complexity index is 654. The van der Waals surface area contributed by atoms with Gasteiger partial charge in [-0.3, -0.25) is 0 Å². The van der Waals surface area contributed by atoms with E-state index in [1.807, 2.05) is 18.2 Å². The third-order valence-corrected chi connectivity index (χ3v) is 4.47. The van der Waals surface area contributed by atoms with Crippen LogP contribution in [0.1, 0.15) is 34.7 Å². The third-order valence-electron chi connectivity index (χ3n) is 4.23. The number of halogens is 1. The summed E-state index contributed by atoms with van der Waals surface area (Å²) in [6.07, 6.45) is 4.36. The zero-order valence-electron chi connectivity index (χ0n) is 12.2. The minimum atomic E-state index is -0.0386. The molecule has 2 aromatic carbocycles. The van der Waals surface area contributed by atoms with Gasteiger partial charge in [-0.2, -0.15) is 0 Å². The number of benzene rings is 2. The predicted molar refractivity (Wildman–Crippen MR) is 87.1 cm³/mol. The summed E-state index contributed by atoms with van der Waals surface area (Å²) in [6, 6.07) is 12.3. The minimum Gasteiger partial charge on any atom is -0.496 e. The molecule has 3 heteroatoms. The van der Waals surface area contributed by atoms with Gasteiger partial charge in [0.1, 0.15) is 5.75 Å². The highest BCUT2D eigenvalue weighted by Gasteiger charge is 2.15. The van der Waals surface area contributed by atoms with Crippen molar-refractivity contribution in [2.45, 2.75) is 31.7 Å². The SMILES string of the molecule is COc1ccc(Cl)cc1CC(N)c1ccc2c(c1)CCC2. The van der Waals surface area contributed by atoms with Gasteiger partial charge in [-0.05, 0) is 66.1 Å². The highest BCUT2D eigenvalue weighted by atomic mass is 35.5. The largest absolute Gasteiger partial charge is 0.496 e. The first-order valence-electron chi connectivity index (χ1n) is 7.37. The van der Waals surface area contributed by atoms with E-state index in [0.717, 1.165) is 17.7 Å². The molecule has 3 rings (SSSR count). The zero-order chi connectivity index (χ0) is 14.8. The van der Waals surface area contributed by atoms with Crippen LogP contribution in [0.25, 0.3) is 0 Å². The van der Waals surface area contributed by atoms with Crippen molar-refractivity contribution in [2.24, 2.45) is 5.73 Å². The summed E-state index contributed by atoms with van der Waals surface area (Å²) in [5.41, 5.74) is 11.6. The molecule has 2 nitrogen and oxygen atoms in total. The quantitative estimate of drug-likeness (QED) is 0.923. The van der Waals surface area contributed by atoms with E-state index in [4.69, 9.17) is 22.1 Å². The fraction of sp³-hybridized carbons (Fsp3) is 0.333. The molecule has 0 bridgehead atoms. The van der Waals surface area contributed by atoms with Crippen LogP contribution in [0.15, 0.2) is 36.4 Å². The topological polar surface area (TPSA) is 35.2 Å². The first-order valence-corrected chi connectivity index (χ1v) is 7.75. The number of methoxy groups -OCH3 is 1. The molecular formula is C18H20ClNO. The molecule has 0 heterocycles. The second-order valence-electron chi connectivity index (χ2n) is 5.65. The van der Waals surface area contributed by atoms with Gasteiger partial charge < -0.3 is 10.5 Å². The summed E-state index contributed by atoms with van der Waals surface area (Å²) in [5, 5.41) is 0.715. The highest BCUT2D eigenvalue weighted by Crippen LogP contribution is 2.29. The Hall–Kier alpha value is -1.51. The van der Waals surface area contributed by atoms with Crippen LogP contribution in [0, 0.1) is 0 Å². The van der Waals surface area contributed by atoms with E-state index in [1.54, 1.807) is 7.11 Å². The number of hydrogen-bond acceptors (Lipinski definition) is 2. The van der Waals surface area contributed by atoms with Crippen LogP contribution in [-0.4, -0.2) is 7.11 Å². The Labute approximate surface area is 130 Å². The molecule has 2 aromatic rings. The molecule has 0 saturated heterocycles. The van der Waals surface area contributed by atoms with Crippen molar-refractivity contribution in [3.05, 3.63) is 63.7 Å². The molecule has 21 heavy (non-hydrogen) atoms. The smallest absolute Gasteiger partial charge is 0.122 e. The molecule has 2 N–H and O–H groups in total. The van der Waals surface area contributed by atoms with Gasteiger partial charge in [0, 0.05) is 11.1 Å². The molecule has 0 fully saturated rings. The Morgan fingerprint density at radius 2 is 1.95 bits per heavy atom. The molecule has 0 amide bonds. The lowest BCUT2D eigenvalue weighted by molar-refractivity contribution is 0.408. The summed E-state index contributed by atoms with van der Waals surface area (Å²) >= 11 is 6.08. The second kappa shape index (κ2) is 6.08. The molecule has 0 spiro atoms. The maximum absolute atomic E-state index is 6.40. The monoisotopic (exact) mass is 301 g/mol. The van der Waals surface area contributed by atoms with Crippen molar-refractivity contribution in [3.8, 4) is 5.75 Å². The first-order chi connectivity index (χ1) is 10.2. The van der Waals surface area contributed by atoms with Crippen LogP contribution < -0.4 is 10.5 Å². The molecule has 1 aliphatic carbocycles. The Balaban J connectivity index is 1.83. The molecule has 1 unspecified atom stereocenters. The van der Waals surface area contributed by atoms with Crippen molar-refractivity contribution in [1.29, 1.82) is 0 Å². The fourth-order valence-corrected chi connectivity index (χ4v) is 3.28. The van der Waals surface area contributed by atoms with E-state index in [9.17, 15) is 0 Å². The van der Waals surface area contributed by atoms with Crippen LogP contribution >= 0.6 is 11.6 Å². The summed E-state index contributed by atoms with van der Waals surface area (Å²) in [5.74, 6) is 0.844. The molecule has 0 radical (unpaired) electrons. The normalized spacial score (nSPS) is 14.8. The average molecular weight is 302 g/mol. The Kier molecular flexibility index (Phi) is 4.18. The van der Waals surface area contributed by atoms with E-state index in [-0.39, 0.29) is 6.04 Å². The van der Waals surface area contributed by atoms with Crippen LogP contribution in [0.4, 0.5) is 0 Å². The van der Waals surface area contributed by atoms with Gasteiger partial charge in [-0.15, -0.1) is 0 Å². The average Bonchev–Trinajstić information content (AvgIpc) is 2.94. The number of rotatable bonds is 4. The van der Waals surface area contributed by atoms with E-state index < -0.39 is 0 Å². The third kappa shape index (κ3) is 3.07. The predicted octanol–water partition coefficient (Wildman–Crippen LogP) is 4.08. The van der Waals surface area contributed by atoms with Gasteiger partial charge in [-0.1, -0.05) is 29.8 Å². The summed E-state index contributed by atoms with van der Waals surface area (Å²) in [6.45, 7) is 0. The summed E-state index contributed by atoms with van der Waals surface area (Å²) in [4.78, 5) is 0. The van der Waals surface area contributed by atoms with Crippen molar-refractivity contribution < 1.29 is 4.74 Å². The molecule has 1 aliphatic rings. The summed E-state index contributed by atoms with van der Waals surface area (Å²) < 4.78 is 5.40. The maximum Gasteiger partial charge on any atom is 0.122 e. The lowest BCUT2D eigenvalue weighted by Crippen LogP contribution is -2.14. The van der Waals surface area contributed by atoms with Gasteiger partial charge in [0.2, 0.25) is 0 Å². The standard InChI is InChI=1S/C18H20ClNO/c1-21-18-8-7-16(19)10-15(18)11-17(20)14-6-5-12-3-2-4-13(12)9-14/h5-10,17H,2-4,11,20H2,1H3. The Morgan fingerprint density at radius 1 is 1.14 bits per heavy atom. The summed E-state index contributed by atoms with van der Waals surface area (Å²) in [7, 11) is 1.67. The lowest BCUT2D eigenvalue weighted by atomic mass is 9.96. The Morgan fingerprint density at radius 3 is 2.76 bits per heavy atom. The van der Waals surface area contributed by atoms with Gasteiger partial charge in [0.05, 0.1) is 7.11 Å². The molecule has 1 atom stereocenters. The number of fused-ring (bicyclic) bond motifs is 1. The van der Waals surface area contributed by atoms with Gasteiger partial charge in [0.25, 0.3) is 0 Å². The van der Waals surface area contributed by atoms with Crippen LogP contribution in [0.5, 0.6) is 5.75 Å². The van der Waals surface area contributed by atoms with Crippen molar-refractivity contribution >= 4 is 11.6 Å². The van der Waals surface area contributed by atoms with Crippen LogP contribution in [0.2, 0.25) is 5.02 Å². The van der Waals surface area contributed by atoms with Crippen LogP contribution in [0.3, 0.4) is 0 Å².